The largest absolute Gasteiger partial charge is 0.371 e. The van der Waals surface area contributed by atoms with Gasteiger partial charge in [0, 0.05) is 24.3 Å². The van der Waals surface area contributed by atoms with Gasteiger partial charge in [-0.3, -0.25) is 4.79 Å². The first-order valence-electron chi connectivity index (χ1n) is 7.14. The molecule has 1 aliphatic heterocycles. The number of hydrogen-bond acceptors (Lipinski definition) is 2. The first-order valence-corrected chi connectivity index (χ1v) is 7.51. The summed E-state index contributed by atoms with van der Waals surface area (Å²) in [7, 11) is 0. The van der Waals surface area contributed by atoms with Crippen molar-refractivity contribution in [2.75, 3.05) is 18.0 Å². The van der Waals surface area contributed by atoms with Crippen molar-refractivity contribution in [3.8, 4) is 0 Å². The number of piperidine rings is 1. The maximum Gasteiger partial charge on any atom is 0.151 e. The second-order valence-electron chi connectivity index (χ2n) is 5.52. The molecule has 1 aromatic carbocycles. The minimum Gasteiger partial charge on any atom is -0.371 e. The molecule has 0 unspecified atom stereocenters. The van der Waals surface area contributed by atoms with Crippen LogP contribution in [0, 0.1) is 5.41 Å². The number of nitrogens with zero attached hydrogens (tertiary/aromatic N) is 1. The maximum atomic E-state index is 10.8. The molecule has 0 bridgehead atoms. The van der Waals surface area contributed by atoms with Crippen LogP contribution in [0.25, 0.3) is 0 Å². The lowest BCUT2D eigenvalue weighted by Crippen LogP contribution is -2.39. The van der Waals surface area contributed by atoms with Crippen LogP contribution in [0.3, 0.4) is 0 Å². The van der Waals surface area contributed by atoms with Crippen LogP contribution >= 0.6 is 11.6 Å². The Kier molecular flexibility index (Phi) is 4.51. The predicted molar refractivity (Wildman–Crippen MR) is 81.3 cm³/mol. The quantitative estimate of drug-likeness (QED) is 0.753. The van der Waals surface area contributed by atoms with Crippen LogP contribution in [-0.4, -0.2) is 19.4 Å². The second-order valence-corrected chi connectivity index (χ2v) is 5.93. The Hall–Kier alpha value is -1.02. The lowest BCUT2D eigenvalue weighted by molar-refractivity contribution is 0.112. The van der Waals surface area contributed by atoms with Crippen molar-refractivity contribution in [2.24, 2.45) is 5.41 Å². The van der Waals surface area contributed by atoms with E-state index in [4.69, 9.17) is 11.6 Å². The highest BCUT2D eigenvalue weighted by molar-refractivity contribution is 6.33. The zero-order valence-electron chi connectivity index (χ0n) is 11.8. The maximum absolute atomic E-state index is 10.8. The number of halogens is 1. The summed E-state index contributed by atoms with van der Waals surface area (Å²) in [5.41, 5.74) is 2.23. The monoisotopic (exact) mass is 279 g/mol. The molecule has 104 valence electrons. The van der Waals surface area contributed by atoms with E-state index < -0.39 is 0 Å². The Labute approximate surface area is 120 Å². The van der Waals surface area contributed by atoms with Gasteiger partial charge in [0.25, 0.3) is 0 Å². The fraction of sp³-hybridized carbons (Fsp3) is 0.562. The molecule has 3 heteroatoms. The summed E-state index contributed by atoms with van der Waals surface area (Å²) in [4.78, 5) is 13.2. The fourth-order valence-electron chi connectivity index (χ4n) is 3.00. The van der Waals surface area contributed by atoms with Crippen LogP contribution in [0.2, 0.25) is 5.02 Å². The highest BCUT2D eigenvalue weighted by Crippen LogP contribution is 2.39. The Bertz CT molecular complexity index is 444. The van der Waals surface area contributed by atoms with Crippen LogP contribution in [0.15, 0.2) is 18.2 Å². The van der Waals surface area contributed by atoms with Gasteiger partial charge >= 0.3 is 0 Å². The van der Waals surface area contributed by atoms with E-state index in [1.54, 1.807) is 0 Å². The van der Waals surface area contributed by atoms with Crippen LogP contribution < -0.4 is 4.90 Å². The van der Waals surface area contributed by atoms with E-state index in [9.17, 15) is 4.79 Å². The highest BCUT2D eigenvalue weighted by Gasteiger charge is 2.31. The third-order valence-electron chi connectivity index (χ3n) is 4.80. The van der Waals surface area contributed by atoms with Gasteiger partial charge < -0.3 is 4.90 Å². The average molecular weight is 280 g/mol. The van der Waals surface area contributed by atoms with Gasteiger partial charge in [0.1, 0.15) is 0 Å². The van der Waals surface area contributed by atoms with Crippen LogP contribution in [0.5, 0.6) is 0 Å². The molecule has 0 aliphatic carbocycles. The topological polar surface area (TPSA) is 20.3 Å². The van der Waals surface area contributed by atoms with Gasteiger partial charge in [-0.2, -0.15) is 0 Å². The molecule has 0 radical (unpaired) electrons. The van der Waals surface area contributed by atoms with Gasteiger partial charge in [-0.15, -0.1) is 0 Å². The molecule has 1 heterocycles. The minimum atomic E-state index is 0.531. The third kappa shape index (κ3) is 2.94. The molecular formula is C16H22ClNO. The molecule has 2 nitrogen and oxygen atoms in total. The molecule has 0 atom stereocenters. The zero-order chi connectivity index (χ0) is 13.9. The van der Waals surface area contributed by atoms with E-state index in [2.05, 4.69) is 18.7 Å². The van der Waals surface area contributed by atoms with Crippen molar-refractivity contribution in [1.82, 2.24) is 0 Å². The van der Waals surface area contributed by atoms with E-state index in [1.807, 2.05) is 18.2 Å². The summed E-state index contributed by atoms with van der Waals surface area (Å²) in [5, 5.41) is 0.551. The third-order valence-corrected chi connectivity index (χ3v) is 5.13. The number of carbonyl (C=O) groups excluding carboxylic acids is 1. The number of rotatable bonds is 4. The molecule has 0 spiro atoms. The molecule has 0 N–H and O–H groups in total. The first-order chi connectivity index (χ1) is 9.14. The van der Waals surface area contributed by atoms with E-state index >= 15 is 0 Å². The molecule has 1 aromatic rings. The number of hydrogen-bond donors (Lipinski definition) is 0. The standard InChI is InChI=1S/C16H22ClNO/c1-3-16(4-2)7-9-18(10-8-16)14-6-5-13(12-19)15(17)11-14/h5-6,11-12H,3-4,7-10H2,1-2H3. The predicted octanol–water partition coefficient (Wildman–Crippen LogP) is 4.56. The molecule has 0 amide bonds. The van der Waals surface area contributed by atoms with Gasteiger partial charge in [0.05, 0.1) is 5.02 Å². The minimum absolute atomic E-state index is 0.531. The molecule has 0 saturated carbocycles. The van der Waals surface area contributed by atoms with Crippen molar-refractivity contribution in [3.63, 3.8) is 0 Å². The van der Waals surface area contributed by atoms with Crippen molar-refractivity contribution >= 4 is 23.6 Å². The van der Waals surface area contributed by atoms with E-state index in [0.29, 0.717) is 16.0 Å². The van der Waals surface area contributed by atoms with Gasteiger partial charge in [0.15, 0.2) is 6.29 Å². The number of anilines is 1. The average Bonchev–Trinajstić information content (AvgIpc) is 2.47. The Morgan fingerprint density at radius 2 is 1.89 bits per heavy atom. The van der Waals surface area contributed by atoms with Crippen molar-refractivity contribution in [3.05, 3.63) is 28.8 Å². The lowest BCUT2D eigenvalue weighted by Gasteiger charge is -2.42. The van der Waals surface area contributed by atoms with Gasteiger partial charge in [0.2, 0.25) is 0 Å². The van der Waals surface area contributed by atoms with Gasteiger partial charge in [-0.1, -0.05) is 38.3 Å². The highest BCUT2D eigenvalue weighted by atomic mass is 35.5. The lowest BCUT2D eigenvalue weighted by atomic mass is 9.74. The fourth-order valence-corrected chi connectivity index (χ4v) is 3.22. The van der Waals surface area contributed by atoms with E-state index in [0.717, 1.165) is 25.1 Å². The van der Waals surface area contributed by atoms with E-state index in [1.165, 1.54) is 25.7 Å². The molecule has 19 heavy (non-hydrogen) atoms. The second kappa shape index (κ2) is 5.96. The SMILES string of the molecule is CCC1(CC)CCN(c2ccc(C=O)c(Cl)c2)CC1. The van der Waals surface area contributed by atoms with Crippen molar-refractivity contribution in [1.29, 1.82) is 0 Å². The Balaban J connectivity index is 2.09. The molecule has 1 saturated heterocycles. The molecular weight excluding hydrogens is 258 g/mol. The van der Waals surface area contributed by atoms with Crippen molar-refractivity contribution < 1.29 is 4.79 Å². The van der Waals surface area contributed by atoms with Crippen LogP contribution in [0.4, 0.5) is 5.69 Å². The van der Waals surface area contributed by atoms with Gasteiger partial charge in [-0.25, -0.2) is 0 Å². The Morgan fingerprint density at radius 3 is 2.37 bits per heavy atom. The van der Waals surface area contributed by atoms with Crippen LogP contribution in [-0.2, 0) is 0 Å². The summed E-state index contributed by atoms with van der Waals surface area (Å²) in [5.74, 6) is 0. The van der Waals surface area contributed by atoms with E-state index in [-0.39, 0.29) is 0 Å². The van der Waals surface area contributed by atoms with Gasteiger partial charge in [-0.05, 0) is 36.5 Å². The molecule has 1 fully saturated rings. The summed E-state index contributed by atoms with van der Waals surface area (Å²) in [6.45, 7) is 6.76. The molecule has 1 aliphatic rings. The van der Waals surface area contributed by atoms with Crippen LogP contribution in [0.1, 0.15) is 49.9 Å². The number of carbonyl (C=O) groups is 1. The van der Waals surface area contributed by atoms with Crippen molar-refractivity contribution in [2.45, 2.75) is 39.5 Å². The molecule has 0 aromatic heterocycles. The smallest absolute Gasteiger partial charge is 0.151 e. The summed E-state index contributed by atoms with van der Waals surface area (Å²) >= 11 is 6.10. The molecule has 2 rings (SSSR count). The summed E-state index contributed by atoms with van der Waals surface area (Å²) in [6.07, 6.45) is 5.83. The first kappa shape index (κ1) is 14.4. The number of aldehydes is 1. The normalized spacial score (nSPS) is 18.4. The number of benzene rings is 1. The zero-order valence-corrected chi connectivity index (χ0v) is 12.5. The summed E-state index contributed by atoms with van der Waals surface area (Å²) in [6, 6.07) is 5.73. The Morgan fingerprint density at radius 1 is 1.26 bits per heavy atom. The summed E-state index contributed by atoms with van der Waals surface area (Å²) < 4.78 is 0.